The second-order valence-electron chi connectivity index (χ2n) is 4.01. The van der Waals surface area contributed by atoms with Crippen molar-refractivity contribution in [3.63, 3.8) is 0 Å². The summed E-state index contributed by atoms with van der Waals surface area (Å²) in [6.45, 7) is 5.40. The fraction of sp³-hybridized carbons (Fsp3) is 0.500. The number of aromatic nitrogens is 2. The lowest BCUT2D eigenvalue weighted by Gasteiger charge is -2.30. The van der Waals surface area contributed by atoms with Crippen LogP contribution >= 0.6 is 11.6 Å². The Morgan fingerprint density at radius 3 is 2.69 bits per heavy atom. The van der Waals surface area contributed by atoms with Crippen LogP contribution in [0.5, 0.6) is 0 Å². The molecule has 0 fully saturated rings. The van der Waals surface area contributed by atoms with Crippen LogP contribution in [-0.4, -0.2) is 21.7 Å². The molecule has 0 aromatic carbocycles. The van der Waals surface area contributed by atoms with Gasteiger partial charge in [0.15, 0.2) is 0 Å². The second kappa shape index (κ2) is 4.65. The lowest BCUT2D eigenvalue weighted by molar-refractivity contribution is 0.0272. The van der Waals surface area contributed by atoms with Crippen LogP contribution < -0.4 is 5.73 Å². The highest BCUT2D eigenvalue weighted by molar-refractivity contribution is 6.29. The van der Waals surface area contributed by atoms with E-state index in [0.29, 0.717) is 10.8 Å². The Hall–Kier alpha value is -1.36. The molecule has 1 aromatic heterocycles. The molecular formula is C10H14ClN3O2. The van der Waals surface area contributed by atoms with Crippen molar-refractivity contribution in [3.05, 3.63) is 23.2 Å². The molecule has 6 heteroatoms. The van der Waals surface area contributed by atoms with Crippen LogP contribution in [0, 0.1) is 0 Å². The second-order valence-corrected chi connectivity index (χ2v) is 4.40. The van der Waals surface area contributed by atoms with Crippen molar-refractivity contribution in [3.8, 4) is 0 Å². The standard InChI is InChI=1S/C10H14ClN3O2/c1-6(10(2,3)16-9(12)15)7-4-8(11)14-5-13-7/h4-6H,1-3H3,(H2,12,15). The number of carbonyl (C=O) groups is 1. The maximum Gasteiger partial charge on any atom is 0.405 e. The molecule has 16 heavy (non-hydrogen) atoms. The summed E-state index contributed by atoms with van der Waals surface area (Å²) >= 11 is 5.76. The minimum Gasteiger partial charge on any atom is -0.443 e. The van der Waals surface area contributed by atoms with E-state index < -0.39 is 11.7 Å². The van der Waals surface area contributed by atoms with Gasteiger partial charge < -0.3 is 10.5 Å². The van der Waals surface area contributed by atoms with Gasteiger partial charge >= 0.3 is 6.09 Å². The Kier molecular flexibility index (Phi) is 3.70. The van der Waals surface area contributed by atoms with Crippen LogP contribution in [0.4, 0.5) is 4.79 Å². The zero-order chi connectivity index (χ0) is 12.3. The molecule has 1 rings (SSSR count). The zero-order valence-corrected chi connectivity index (χ0v) is 10.2. The summed E-state index contributed by atoms with van der Waals surface area (Å²) in [5, 5.41) is 0.353. The number of hydrogen-bond acceptors (Lipinski definition) is 4. The molecule has 0 saturated carbocycles. The molecule has 0 aliphatic rings. The summed E-state index contributed by atoms with van der Waals surface area (Å²) in [5.41, 5.74) is 4.96. The number of halogens is 1. The van der Waals surface area contributed by atoms with Gasteiger partial charge in [0, 0.05) is 5.92 Å². The predicted octanol–water partition coefficient (Wildman–Crippen LogP) is 2.11. The van der Waals surface area contributed by atoms with E-state index in [2.05, 4.69) is 9.97 Å². The predicted molar refractivity (Wildman–Crippen MR) is 60.2 cm³/mol. The van der Waals surface area contributed by atoms with Gasteiger partial charge in [-0.15, -0.1) is 0 Å². The minimum absolute atomic E-state index is 0.138. The number of ether oxygens (including phenoxy) is 1. The molecule has 1 unspecified atom stereocenters. The van der Waals surface area contributed by atoms with Gasteiger partial charge in [0.25, 0.3) is 0 Å². The lowest BCUT2D eigenvalue weighted by atomic mass is 9.89. The van der Waals surface area contributed by atoms with Crippen molar-refractivity contribution in [1.29, 1.82) is 0 Å². The number of hydrogen-bond donors (Lipinski definition) is 1. The van der Waals surface area contributed by atoms with Gasteiger partial charge in [-0.25, -0.2) is 14.8 Å². The topological polar surface area (TPSA) is 78.1 Å². The third-order valence-corrected chi connectivity index (χ3v) is 2.71. The molecule has 1 atom stereocenters. The van der Waals surface area contributed by atoms with E-state index in [1.165, 1.54) is 6.33 Å². The molecule has 88 valence electrons. The molecule has 0 aliphatic carbocycles. The smallest absolute Gasteiger partial charge is 0.405 e. The van der Waals surface area contributed by atoms with Gasteiger partial charge in [-0.3, -0.25) is 0 Å². The first-order chi connectivity index (χ1) is 7.33. The molecule has 1 aromatic rings. The maximum absolute atomic E-state index is 10.8. The SMILES string of the molecule is CC(c1cc(Cl)ncn1)C(C)(C)OC(N)=O. The molecular weight excluding hydrogens is 230 g/mol. The molecule has 5 nitrogen and oxygen atoms in total. The van der Waals surface area contributed by atoms with E-state index in [1.54, 1.807) is 19.9 Å². The molecule has 1 amide bonds. The first kappa shape index (κ1) is 12.7. The normalized spacial score (nSPS) is 13.2. The van der Waals surface area contributed by atoms with Crippen LogP contribution in [-0.2, 0) is 4.74 Å². The van der Waals surface area contributed by atoms with Crippen molar-refractivity contribution in [2.45, 2.75) is 32.3 Å². The van der Waals surface area contributed by atoms with Gasteiger partial charge in [-0.2, -0.15) is 0 Å². The van der Waals surface area contributed by atoms with Crippen molar-refractivity contribution in [1.82, 2.24) is 9.97 Å². The van der Waals surface area contributed by atoms with E-state index in [1.807, 2.05) is 6.92 Å². The summed E-state index contributed by atoms with van der Waals surface area (Å²) in [7, 11) is 0. The molecule has 0 bridgehead atoms. The molecule has 0 aliphatic heterocycles. The Labute approximate surface area is 99.0 Å². The summed E-state index contributed by atoms with van der Waals surface area (Å²) < 4.78 is 5.03. The molecule has 1 heterocycles. The molecule has 0 spiro atoms. The maximum atomic E-state index is 10.8. The fourth-order valence-electron chi connectivity index (χ4n) is 1.29. The Morgan fingerprint density at radius 2 is 2.19 bits per heavy atom. The van der Waals surface area contributed by atoms with Gasteiger partial charge in [0.1, 0.15) is 17.1 Å². The van der Waals surface area contributed by atoms with Gasteiger partial charge in [-0.1, -0.05) is 18.5 Å². The van der Waals surface area contributed by atoms with E-state index >= 15 is 0 Å². The third kappa shape index (κ3) is 3.06. The van der Waals surface area contributed by atoms with Gasteiger partial charge in [0.05, 0.1) is 5.69 Å². The van der Waals surface area contributed by atoms with Crippen LogP contribution in [0.2, 0.25) is 5.15 Å². The number of rotatable bonds is 3. The largest absolute Gasteiger partial charge is 0.443 e. The Morgan fingerprint density at radius 1 is 1.56 bits per heavy atom. The highest BCUT2D eigenvalue weighted by atomic mass is 35.5. The Balaban J connectivity index is 2.92. The van der Waals surface area contributed by atoms with E-state index in [9.17, 15) is 4.79 Å². The van der Waals surface area contributed by atoms with E-state index in [0.717, 1.165) is 0 Å². The van der Waals surface area contributed by atoms with Crippen LogP contribution in [0.3, 0.4) is 0 Å². The van der Waals surface area contributed by atoms with E-state index in [-0.39, 0.29) is 5.92 Å². The molecule has 2 N–H and O–H groups in total. The number of nitrogens with two attached hydrogens (primary N) is 1. The highest BCUT2D eigenvalue weighted by Crippen LogP contribution is 2.30. The van der Waals surface area contributed by atoms with Crippen molar-refractivity contribution in [2.24, 2.45) is 5.73 Å². The number of primary amides is 1. The van der Waals surface area contributed by atoms with Crippen LogP contribution in [0.15, 0.2) is 12.4 Å². The molecule has 0 radical (unpaired) electrons. The number of amides is 1. The van der Waals surface area contributed by atoms with Crippen molar-refractivity contribution in [2.75, 3.05) is 0 Å². The lowest BCUT2D eigenvalue weighted by Crippen LogP contribution is -2.36. The van der Waals surface area contributed by atoms with Crippen LogP contribution in [0.25, 0.3) is 0 Å². The van der Waals surface area contributed by atoms with Crippen molar-refractivity contribution >= 4 is 17.7 Å². The van der Waals surface area contributed by atoms with Crippen LogP contribution in [0.1, 0.15) is 32.4 Å². The van der Waals surface area contributed by atoms with E-state index in [4.69, 9.17) is 22.1 Å². The molecule has 0 saturated heterocycles. The summed E-state index contributed by atoms with van der Waals surface area (Å²) in [4.78, 5) is 18.6. The zero-order valence-electron chi connectivity index (χ0n) is 9.40. The highest BCUT2D eigenvalue weighted by Gasteiger charge is 2.31. The first-order valence-corrected chi connectivity index (χ1v) is 5.16. The monoisotopic (exact) mass is 243 g/mol. The van der Waals surface area contributed by atoms with Gasteiger partial charge in [0.2, 0.25) is 0 Å². The average Bonchev–Trinajstić information content (AvgIpc) is 2.14. The third-order valence-electron chi connectivity index (χ3n) is 2.50. The Bertz CT molecular complexity index is 395. The summed E-state index contributed by atoms with van der Waals surface area (Å²) in [6, 6.07) is 1.64. The van der Waals surface area contributed by atoms with Gasteiger partial charge in [-0.05, 0) is 19.9 Å². The number of nitrogens with zero attached hydrogens (tertiary/aromatic N) is 2. The quantitative estimate of drug-likeness (QED) is 0.825. The number of carbonyl (C=O) groups excluding carboxylic acids is 1. The first-order valence-electron chi connectivity index (χ1n) is 4.79. The minimum atomic E-state index is -0.808. The average molecular weight is 244 g/mol. The fourth-order valence-corrected chi connectivity index (χ4v) is 1.44. The summed E-state index contributed by atoms with van der Waals surface area (Å²) in [5.74, 6) is -0.138. The summed E-state index contributed by atoms with van der Waals surface area (Å²) in [6.07, 6.45) is 0.561. The van der Waals surface area contributed by atoms with Crippen molar-refractivity contribution < 1.29 is 9.53 Å².